The molecule has 142 valence electrons. The number of amides is 2. The molecule has 1 aliphatic rings. The molecule has 2 aromatic carbocycles. The fourth-order valence-electron chi connectivity index (χ4n) is 2.82. The van der Waals surface area contributed by atoms with E-state index in [2.05, 4.69) is 10.6 Å². The summed E-state index contributed by atoms with van der Waals surface area (Å²) in [6.07, 6.45) is 2.43. The van der Waals surface area contributed by atoms with Gasteiger partial charge in [-0.3, -0.25) is 9.59 Å². The van der Waals surface area contributed by atoms with Crippen LogP contribution in [0.1, 0.15) is 30.1 Å². The Balaban J connectivity index is 1.68. The van der Waals surface area contributed by atoms with Crippen LogP contribution in [0.5, 0.6) is 0 Å². The van der Waals surface area contributed by atoms with Crippen molar-refractivity contribution in [3.63, 3.8) is 0 Å². The van der Waals surface area contributed by atoms with E-state index in [1.54, 1.807) is 36.0 Å². The molecule has 2 N–H and O–H groups in total. The summed E-state index contributed by atoms with van der Waals surface area (Å²) in [4.78, 5) is 24.8. The normalized spacial score (nSPS) is 16.1. The number of rotatable bonds is 6. The van der Waals surface area contributed by atoms with Gasteiger partial charge < -0.3 is 15.4 Å². The average molecular weight is 405 g/mol. The largest absolute Gasteiger partial charge is 0.377 e. The van der Waals surface area contributed by atoms with Crippen LogP contribution in [0.25, 0.3) is 0 Å². The zero-order valence-corrected chi connectivity index (χ0v) is 16.5. The molecule has 5 nitrogen and oxygen atoms in total. The molecule has 0 aliphatic carbocycles. The highest BCUT2D eigenvalue weighted by Crippen LogP contribution is 2.29. The number of hydrogen-bond donors (Lipinski definition) is 2. The average Bonchev–Trinajstić information content (AvgIpc) is 3.16. The van der Waals surface area contributed by atoms with Gasteiger partial charge in [0.15, 0.2) is 0 Å². The number of anilines is 2. The summed E-state index contributed by atoms with van der Waals surface area (Å²) < 4.78 is 5.66. The van der Waals surface area contributed by atoms with Gasteiger partial charge in [-0.1, -0.05) is 23.7 Å². The minimum atomic E-state index is -0.203. The van der Waals surface area contributed by atoms with Gasteiger partial charge in [0.25, 0.3) is 5.91 Å². The van der Waals surface area contributed by atoms with E-state index in [9.17, 15) is 9.59 Å². The van der Waals surface area contributed by atoms with Gasteiger partial charge in [-0.15, -0.1) is 11.8 Å². The van der Waals surface area contributed by atoms with Gasteiger partial charge in [-0.05, 0) is 43.2 Å². The third-order valence-electron chi connectivity index (χ3n) is 4.12. The summed E-state index contributed by atoms with van der Waals surface area (Å²) in [5.41, 5.74) is 1.69. The molecule has 7 heteroatoms. The number of thioether (sulfide) groups is 1. The van der Waals surface area contributed by atoms with Crippen LogP contribution < -0.4 is 10.6 Å². The first kappa shape index (κ1) is 19.7. The third kappa shape index (κ3) is 5.48. The molecule has 1 heterocycles. The van der Waals surface area contributed by atoms with E-state index >= 15 is 0 Å². The molecular formula is C20H21ClN2O3S. The minimum Gasteiger partial charge on any atom is -0.377 e. The van der Waals surface area contributed by atoms with Crippen molar-refractivity contribution in [2.75, 3.05) is 23.0 Å². The molecule has 27 heavy (non-hydrogen) atoms. The molecule has 2 amide bonds. The monoisotopic (exact) mass is 404 g/mol. The number of carbonyl (C=O) groups excluding carboxylic acids is 2. The Morgan fingerprint density at radius 2 is 2.04 bits per heavy atom. The second kappa shape index (κ2) is 9.26. The summed E-state index contributed by atoms with van der Waals surface area (Å²) >= 11 is 7.81. The van der Waals surface area contributed by atoms with Gasteiger partial charge in [0, 0.05) is 29.9 Å². The van der Waals surface area contributed by atoms with Gasteiger partial charge >= 0.3 is 0 Å². The number of hydrogen-bond acceptors (Lipinski definition) is 4. The zero-order valence-electron chi connectivity index (χ0n) is 15.0. The van der Waals surface area contributed by atoms with Crippen molar-refractivity contribution < 1.29 is 14.3 Å². The lowest BCUT2D eigenvalue weighted by molar-refractivity contribution is -0.114. The fraction of sp³-hybridized carbons (Fsp3) is 0.300. The number of ether oxygens (including phenoxy) is 1. The third-order valence-corrected chi connectivity index (χ3v) is 5.64. The second-order valence-corrected chi connectivity index (χ2v) is 7.74. The van der Waals surface area contributed by atoms with Crippen LogP contribution in [0.2, 0.25) is 5.02 Å². The highest BCUT2D eigenvalue weighted by atomic mass is 35.5. The van der Waals surface area contributed by atoms with Crippen molar-refractivity contribution in [3.8, 4) is 0 Å². The number of benzene rings is 2. The Hall–Kier alpha value is -2.02. The van der Waals surface area contributed by atoms with Crippen LogP contribution in [-0.2, 0) is 9.53 Å². The van der Waals surface area contributed by atoms with Crippen LogP contribution >= 0.6 is 23.4 Å². The molecule has 1 atom stereocenters. The van der Waals surface area contributed by atoms with Crippen molar-refractivity contribution in [2.24, 2.45) is 0 Å². The first-order chi connectivity index (χ1) is 13.0. The van der Waals surface area contributed by atoms with Crippen LogP contribution in [-0.4, -0.2) is 30.3 Å². The van der Waals surface area contributed by atoms with Crippen LogP contribution in [0, 0.1) is 0 Å². The first-order valence-corrected chi connectivity index (χ1v) is 10.1. The predicted octanol–water partition coefficient (Wildman–Crippen LogP) is 4.82. The predicted molar refractivity (Wildman–Crippen MR) is 110 cm³/mol. The molecule has 0 spiro atoms. The van der Waals surface area contributed by atoms with Gasteiger partial charge in [0.05, 0.1) is 22.4 Å². The number of carbonyl (C=O) groups is 2. The van der Waals surface area contributed by atoms with E-state index in [1.165, 1.54) is 6.92 Å². The SMILES string of the molecule is CC(=O)Nc1ccc(NC(=O)c2ccccc2SCC2CCCO2)cc1Cl. The quantitative estimate of drug-likeness (QED) is 0.677. The van der Waals surface area contributed by atoms with Crippen molar-refractivity contribution in [1.29, 1.82) is 0 Å². The summed E-state index contributed by atoms with van der Waals surface area (Å²) in [5, 5.41) is 5.87. The van der Waals surface area contributed by atoms with Crippen molar-refractivity contribution in [1.82, 2.24) is 0 Å². The van der Waals surface area contributed by atoms with Gasteiger partial charge in [-0.25, -0.2) is 0 Å². The maximum absolute atomic E-state index is 12.7. The van der Waals surface area contributed by atoms with E-state index in [0.717, 1.165) is 30.1 Å². The lowest BCUT2D eigenvalue weighted by Gasteiger charge is -2.13. The molecule has 0 aromatic heterocycles. The smallest absolute Gasteiger partial charge is 0.256 e. The van der Waals surface area contributed by atoms with E-state index in [-0.39, 0.29) is 17.9 Å². The molecule has 0 saturated carbocycles. The molecule has 1 fully saturated rings. The number of nitrogens with one attached hydrogen (secondary N) is 2. The van der Waals surface area contributed by atoms with Crippen LogP contribution in [0.3, 0.4) is 0 Å². The fourth-order valence-corrected chi connectivity index (χ4v) is 4.17. The number of halogens is 1. The molecule has 1 unspecified atom stereocenters. The van der Waals surface area contributed by atoms with Gasteiger partial charge in [-0.2, -0.15) is 0 Å². The Kier molecular flexibility index (Phi) is 6.77. The second-order valence-electron chi connectivity index (χ2n) is 6.27. The van der Waals surface area contributed by atoms with Crippen molar-refractivity contribution >= 4 is 46.6 Å². The highest BCUT2D eigenvalue weighted by molar-refractivity contribution is 7.99. The highest BCUT2D eigenvalue weighted by Gasteiger charge is 2.18. The summed E-state index contributed by atoms with van der Waals surface area (Å²) in [6, 6.07) is 12.5. The molecule has 2 aromatic rings. The summed E-state index contributed by atoms with van der Waals surface area (Å²) in [7, 11) is 0. The van der Waals surface area contributed by atoms with E-state index < -0.39 is 0 Å². The molecule has 3 rings (SSSR count). The van der Waals surface area contributed by atoms with E-state index in [1.807, 2.05) is 18.2 Å². The Bertz CT molecular complexity index is 838. The molecule has 1 aliphatic heterocycles. The van der Waals surface area contributed by atoms with E-state index in [0.29, 0.717) is 22.0 Å². The summed E-state index contributed by atoms with van der Waals surface area (Å²) in [6.45, 7) is 2.24. The molecule has 1 saturated heterocycles. The van der Waals surface area contributed by atoms with Crippen molar-refractivity contribution in [3.05, 3.63) is 53.1 Å². The lowest BCUT2D eigenvalue weighted by atomic mass is 10.2. The van der Waals surface area contributed by atoms with E-state index in [4.69, 9.17) is 16.3 Å². The van der Waals surface area contributed by atoms with Crippen molar-refractivity contribution in [2.45, 2.75) is 30.8 Å². The molecule has 0 radical (unpaired) electrons. The topological polar surface area (TPSA) is 67.4 Å². The maximum Gasteiger partial charge on any atom is 0.256 e. The lowest BCUT2D eigenvalue weighted by Crippen LogP contribution is -2.14. The van der Waals surface area contributed by atoms with Gasteiger partial charge in [0.2, 0.25) is 5.91 Å². The molecular weight excluding hydrogens is 384 g/mol. The van der Waals surface area contributed by atoms with Gasteiger partial charge in [0.1, 0.15) is 0 Å². The maximum atomic E-state index is 12.7. The zero-order chi connectivity index (χ0) is 19.2. The summed E-state index contributed by atoms with van der Waals surface area (Å²) in [5.74, 6) is 0.432. The minimum absolute atomic E-state index is 0.200. The first-order valence-electron chi connectivity index (χ1n) is 8.75. The Labute approximate surface area is 167 Å². The van der Waals surface area contributed by atoms with Crippen LogP contribution in [0.15, 0.2) is 47.4 Å². The molecule has 0 bridgehead atoms. The Morgan fingerprint density at radius 1 is 1.22 bits per heavy atom. The van der Waals surface area contributed by atoms with Crippen LogP contribution in [0.4, 0.5) is 11.4 Å². The Morgan fingerprint density at radius 3 is 2.74 bits per heavy atom. The standard InChI is InChI=1S/C20H21ClN2O3S/c1-13(24)22-18-9-8-14(11-17(18)21)23-20(25)16-6-2-3-7-19(16)27-12-15-5-4-10-26-15/h2-3,6-9,11,15H,4-5,10,12H2,1H3,(H,22,24)(H,23,25).